The van der Waals surface area contributed by atoms with Gasteiger partial charge in [0.2, 0.25) is 11.8 Å². The van der Waals surface area contributed by atoms with E-state index in [1.807, 2.05) is 31.2 Å². The van der Waals surface area contributed by atoms with E-state index < -0.39 is 0 Å². The molecule has 27 heavy (non-hydrogen) atoms. The van der Waals surface area contributed by atoms with E-state index in [1.165, 1.54) is 0 Å². The van der Waals surface area contributed by atoms with Gasteiger partial charge in [0.1, 0.15) is 5.75 Å². The second kappa shape index (κ2) is 10.2. The number of nitrogens with one attached hydrogen (secondary N) is 3. The van der Waals surface area contributed by atoms with Crippen LogP contribution in [0.1, 0.15) is 33.6 Å². The first-order valence-corrected chi connectivity index (χ1v) is 9.20. The lowest BCUT2D eigenvalue weighted by molar-refractivity contribution is -0.116. The summed E-state index contributed by atoms with van der Waals surface area (Å²) in [5.74, 6) is 0.617. The first-order valence-electron chi connectivity index (χ1n) is 9.20. The van der Waals surface area contributed by atoms with Crippen molar-refractivity contribution in [3.63, 3.8) is 0 Å². The third kappa shape index (κ3) is 7.01. The van der Waals surface area contributed by atoms with Gasteiger partial charge in [0.15, 0.2) is 0 Å². The normalized spacial score (nSPS) is 11.4. The lowest BCUT2D eigenvalue weighted by Gasteiger charge is -2.13. The summed E-state index contributed by atoms with van der Waals surface area (Å²) < 4.78 is 5.73. The molecule has 0 aliphatic carbocycles. The molecule has 0 aromatic heterocycles. The second-order valence-electron chi connectivity index (χ2n) is 6.24. The molecular formula is C21H27N3O3. The molecule has 0 aliphatic heterocycles. The fraction of sp³-hybridized carbons (Fsp3) is 0.333. The van der Waals surface area contributed by atoms with Crippen LogP contribution in [0.4, 0.5) is 17.1 Å². The smallest absolute Gasteiger partial charge is 0.243 e. The van der Waals surface area contributed by atoms with E-state index in [4.69, 9.17) is 4.74 Å². The van der Waals surface area contributed by atoms with E-state index in [1.54, 1.807) is 31.2 Å². The molecule has 0 aliphatic rings. The maximum absolute atomic E-state index is 12.1. The predicted octanol–water partition coefficient (Wildman–Crippen LogP) is 4.26. The minimum atomic E-state index is -0.153. The Labute approximate surface area is 160 Å². The molecule has 6 heteroatoms. The van der Waals surface area contributed by atoms with Crippen LogP contribution in [0.15, 0.2) is 48.5 Å². The van der Waals surface area contributed by atoms with E-state index in [9.17, 15) is 9.59 Å². The average molecular weight is 369 g/mol. The molecule has 2 aromatic rings. The maximum atomic E-state index is 12.1. The van der Waals surface area contributed by atoms with Crippen LogP contribution in [-0.4, -0.2) is 24.5 Å². The first-order chi connectivity index (χ1) is 13.0. The predicted molar refractivity (Wildman–Crippen MR) is 109 cm³/mol. The van der Waals surface area contributed by atoms with Gasteiger partial charge in [-0.1, -0.05) is 13.8 Å². The molecule has 2 rings (SSSR count). The van der Waals surface area contributed by atoms with Gasteiger partial charge in [-0.15, -0.1) is 0 Å². The van der Waals surface area contributed by atoms with E-state index in [-0.39, 0.29) is 24.5 Å². The van der Waals surface area contributed by atoms with Crippen molar-refractivity contribution in [2.45, 2.75) is 39.7 Å². The fourth-order valence-electron chi connectivity index (χ4n) is 2.24. The van der Waals surface area contributed by atoms with E-state index >= 15 is 0 Å². The third-order valence-electron chi connectivity index (χ3n) is 3.99. The zero-order chi connectivity index (χ0) is 19.6. The van der Waals surface area contributed by atoms with Crippen LogP contribution in [0.2, 0.25) is 0 Å². The molecule has 0 fully saturated rings. The molecule has 0 heterocycles. The number of hydrogen-bond donors (Lipinski definition) is 3. The number of hydrogen-bond acceptors (Lipinski definition) is 4. The number of carbonyl (C=O) groups excluding carboxylic acids is 2. The van der Waals surface area contributed by atoms with Crippen LogP contribution in [0.3, 0.4) is 0 Å². The van der Waals surface area contributed by atoms with Crippen LogP contribution in [0.5, 0.6) is 5.75 Å². The molecular weight excluding hydrogens is 342 g/mol. The second-order valence-corrected chi connectivity index (χ2v) is 6.24. The highest BCUT2D eigenvalue weighted by Crippen LogP contribution is 2.18. The fourth-order valence-corrected chi connectivity index (χ4v) is 2.24. The van der Waals surface area contributed by atoms with E-state index in [2.05, 4.69) is 22.9 Å². The molecule has 1 unspecified atom stereocenters. The van der Waals surface area contributed by atoms with Crippen molar-refractivity contribution in [3.05, 3.63) is 48.5 Å². The van der Waals surface area contributed by atoms with Gasteiger partial charge in [0, 0.05) is 23.5 Å². The molecule has 0 bridgehead atoms. The Morgan fingerprint density at radius 2 is 1.37 bits per heavy atom. The number of rotatable bonds is 9. The molecule has 6 nitrogen and oxygen atoms in total. The first kappa shape index (κ1) is 20.3. The molecule has 0 saturated heterocycles. The van der Waals surface area contributed by atoms with E-state index in [0.717, 1.165) is 17.9 Å². The number of anilines is 3. The van der Waals surface area contributed by atoms with Gasteiger partial charge < -0.3 is 20.7 Å². The summed E-state index contributed by atoms with van der Waals surface area (Å²) in [6, 6.07) is 14.6. The van der Waals surface area contributed by atoms with Gasteiger partial charge in [-0.3, -0.25) is 9.59 Å². The Morgan fingerprint density at radius 3 is 1.89 bits per heavy atom. The van der Waals surface area contributed by atoms with Crippen LogP contribution in [0, 0.1) is 0 Å². The zero-order valence-electron chi connectivity index (χ0n) is 16.0. The minimum absolute atomic E-state index is 0.0449. The molecule has 144 valence electrons. The molecule has 2 amide bonds. The number of amides is 2. The average Bonchev–Trinajstić information content (AvgIpc) is 2.68. The number of carbonyl (C=O) groups is 2. The van der Waals surface area contributed by atoms with Gasteiger partial charge in [0.05, 0.1) is 12.6 Å². The summed E-state index contributed by atoms with van der Waals surface area (Å²) in [4.78, 5) is 23.4. The van der Waals surface area contributed by atoms with Crippen molar-refractivity contribution in [3.8, 4) is 5.75 Å². The summed E-state index contributed by atoms with van der Waals surface area (Å²) in [6.07, 6.45) is 1.55. The Hall–Kier alpha value is -3.02. The summed E-state index contributed by atoms with van der Waals surface area (Å²) in [6.45, 7) is 6.05. The van der Waals surface area contributed by atoms with Crippen LogP contribution in [0.25, 0.3) is 0 Å². The molecule has 3 N–H and O–H groups in total. The standard InChI is InChI=1S/C21H27N3O3/c1-4-15(3)27-19-12-10-16(11-13-19)22-14-21(26)24-18-8-6-17(7-9-18)23-20(25)5-2/h6-13,15,22H,4-5,14H2,1-3H3,(H,23,25)(H,24,26). The maximum Gasteiger partial charge on any atom is 0.243 e. The van der Waals surface area contributed by atoms with Crippen LogP contribution < -0.4 is 20.7 Å². The highest BCUT2D eigenvalue weighted by Gasteiger charge is 2.05. The van der Waals surface area contributed by atoms with Crippen molar-refractivity contribution in [1.82, 2.24) is 0 Å². The monoisotopic (exact) mass is 369 g/mol. The van der Waals surface area contributed by atoms with Crippen molar-refractivity contribution >= 4 is 28.9 Å². The zero-order valence-corrected chi connectivity index (χ0v) is 16.0. The molecule has 0 spiro atoms. The van der Waals surface area contributed by atoms with Gasteiger partial charge in [0.25, 0.3) is 0 Å². The Bertz CT molecular complexity index is 742. The molecule has 0 radical (unpaired) electrons. The lowest BCUT2D eigenvalue weighted by Crippen LogP contribution is -2.21. The quantitative estimate of drug-likeness (QED) is 0.617. The SMILES string of the molecule is CCC(=O)Nc1ccc(NC(=O)CNc2ccc(OC(C)CC)cc2)cc1. The topological polar surface area (TPSA) is 79.5 Å². The van der Waals surface area contributed by atoms with Crippen LogP contribution in [-0.2, 0) is 9.59 Å². The minimum Gasteiger partial charge on any atom is -0.491 e. The highest BCUT2D eigenvalue weighted by atomic mass is 16.5. The van der Waals surface area contributed by atoms with E-state index in [0.29, 0.717) is 17.8 Å². The summed E-state index contributed by atoms with van der Waals surface area (Å²) >= 11 is 0. The number of benzene rings is 2. The van der Waals surface area contributed by atoms with Crippen LogP contribution >= 0.6 is 0 Å². The highest BCUT2D eigenvalue weighted by molar-refractivity contribution is 5.94. The third-order valence-corrected chi connectivity index (χ3v) is 3.99. The Morgan fingerprint density at radius 1 is 0.852 bits per heavy atom. The lowest BCUT2D eigenvalue weighted by atomic mass is 10.2. The summed E-state index contributed by atoms with van der Waals surface area (Å²) in [5, 5.41) is 8.66. The molecule has 2 aromatic carbocycles. The Balaban J connectivity index is 1.79. The van der Waals surface area contributed by atoms with Gasteiger partial charge in [-0.05, 0) is 61.9 Å². The summed E-state index contributed by atoms with van der Waals surface area (Å²) in [7, 11) is 0. The largest absolute Gasteiger partial charge is 0.491 e. The molecule has 1 atom stereocenters. The van der Waals surface area contributed by atoms with Crippen molar-refractivity contribution in [1.29, 1.82) is 0 Å². The van der Waals surface area contributed by atoms with Crippen molar-refractivity contribution < 1.29 is 14.3 Å². The van der Waals surface area contributed by atoms with Gasteiger partial charge >= 0.3 is 0 Å². The van der Waals surface area contributed by atoms with Crippen molar-refractivity contribution in [2.75, 3.05) is 22.5 Å². The number of ether oxygens (including phenoxy) is 1. The molecule has 0 saturated carbocycles. The van der Waals surface area contributed by atoms with Gasteiger partial charge in [-0.25, -0.2) is 0 Å². The Kier molecular flexibility index (Phi) is 7.67. The van der Waals surface area contributed by atoms with Crippen molar-refractivity contribution in [2.24, 2.45) is 0 Å². The van der Waals surface area contributed by atoms with Gasteiger partial charge in [-0.2, -0.15) is 0 Å². The summed E-state index contributed by atoms with van der Waals surface area (Å²) in [5.41, 5.74) is 2.23.